The number of aliphatic hydroxyl groups excluding tert-OH is 4. The Morgan fingerprint density at radius 3 is 2.50 bits per heavy atom. The van der Waals surface area contributed by atoms with E-state index in [4.69, 9.17) is 25.5 Å². The first-order chi connectivity index (χ1) is 12.8. The van der Waals surface area contributed by atoms with Gasteiger partial charge in [0.25, 0.3) is 0 Å². The average molecular weight is 292 g/mol. The maximum atomic E-state index is 9.94. The van der Waals surface area contributed by atoms with Gasteiger partial charge in [-0.2, -0.15) is 0 Å². The van der Waals surface area contributed by atoms with E-state index < -0.39 is 86.0 Å². The molecule has 6 nitrogen and oxygen atoms in total. The molecule has 0 spiro atoms. The van der Waals surface area contributed by atoms with Crippen LogP contribution in [0.5, 0.6) is 0 Å². The van der Waals surface area contributed by atoms with Crippen molar-refractivity contribution < 1.29 is 40.9 Å². The third kappa shape index (κ3) is 3.54. The third-order valence-electron chi connectivity index (χ3n) is 2.76. The van der Waals surface area contributed by atoms with Crippen LogP contribution in [0, 0.1) is 0 Å². The van der Waals surface area contributed by atoms with E-state index in [-0.39, 0.29) is 0 Å². The molecule has 6 atom stereocenters. The Labute approximate surface area is 128 Å². The molecule has 20 heavy (non-hydrogen) atoms. The topological polar surface area (TPSA) is 99.4 Å². The van der Waals surface area contributed by atoms with Crippen molar-refractivity contribution in [1.29, 1.82) is 0 Å². The van der Waals surface area contributed by atoms with E-state index in [0.717, 1.165) is 0 Å². The minimum Gasteiger partial charge on any atom is -0.394 e. The summed E-state index contributed by atoms with van der Waals surface area (Å²) in [5, 5.41) is 38.6. The second kappa shape index (κ2) is 7.12. The lowest BCUT2D eigenvalue weighted by atomic mass is 9.99. The lowest BCUT2D eigenvalue weighted by molar-refractivity contribution is -0.300. The molecule has 6 heteroatoms. The average Bonchev–Trinajstić information content (AvgIpc) is 2.65. The Bertz CT molecular complexity index is 703. The lowest BCUT2D eigenvalue weighted by Gasteiger charge is -2.39. The summed E-state index contributed by atoms with van der Waals surface area (Å²) in [5.41, 5.74) is -0.666. The summed E-state index contributed by atoms with van der Waals surface area (Å²) in [7, 11) is 0. The maximum Gasteiger partial charge on any atom is 0.186 e. The van der Waals surface area contributed by atoms with Crippen LogP contribution < -0.4 is 0 Å². The fraction of sp³-hybridized carbons (Fsp3) is 0.571. The molecule has 1 fully saturated rings. The zero-order valence-corrected chi connectivity index (χ0v) is 10.3. The first kappa shape index (κ1) is 7.84. The molecule has 0 amide bonds. The predicted molar refractivity (Wildman–Crippen MR) is 69.9 cm³/mol. The quantitative estimate of drug-likeness (QED) is 0.558. The minimum atomic E-state index is -3.04. The third-order valence-corrected chi connectivity index (χ3v) is 2.76. The summed E-state index contributed by atoms with van der Waals surface area (Å²) in [5.74, 6) is 0. The van der Waals surface area contributed by atoms with Gasteiger partial charge in [-0.15, -0.1) is 0 Å². The number of benzene rings is 1. The van der Waals surface area contributed by atoms with Gasteiger partial charge in [0.1, 0.15) is 24.4 Å². The first-order valence-corrected chi connectivity index (χ1v) is 5.82. The number of hydrogen-bond donors (Lipinski definition) is 4. The molecule has 1 aromatic rings. The normalized spacial score (nSPS) is 42.1. The molecule has 0 radical (unpaired) electrons. The van der Waals surface area contributed by atoms with Crippen LogP contribution in [0.3, 0.4) is 0 Å². The fourth-order valence-electron chi connectivity index (χ4n) is 1.66. The van der Waals surface area contributed by atoms with Crippen molar-refractivity contribution in [3.05, 3.63) is 35.8 Å². The zero-order valence-electron chi connectivity index (χ0n) is 18.3. The minimum absolute atomic E-state index is 0.666. The van der Waals surface area contributed by atoms with E-state index in [1.54, 1.807) is 0 Å². The smallest absolute Gasteiger partial charge is 0.186 e. The Morgan fingerprint density at radius 1 is 1.15 bits per heavy atom. The Morgan fingerprint density at radius 2 is 1.85 bits per heavy atom. The van der Waals surface area contributed by atoms with Gasteiger partial charge in [-0.3, -0.25) is 0 Å². The van der Waals surface area contributed by atoms with E-state index in [1.807, 2.05) is 0 Å². The van der Waals surface area contributed by atoms with Crippen LogP contribution in [-0.2, 0) is 15.9 Å². The Kier molecular flexibility index (Phi) is 2.79. The molecular weight excluding hydrogens is 264 g/mol. The molecule has 0 aromatic heterocycles. The fourth-order valence-corrected chi connectivity index (χ4v) is 1.66. The highest BCUT2D eigenvalue weighted by Gasteiger charge is 2.43. The maximum absolute atomic E-state index is 9.94. The molecule has 4 N–H and O–H groups in total. The van der Waals surface area contributed by atoms with Crippen LogP contribution in [0.1, 0.15) is 16.5 Å². The standard InChI is InChI=1S/C14H20O6/c15-8-10-11(16)12(17)13(18)14(20-10)19-7-6-9-4-2-1-3-5-9/h1-5,10-18H,6-8H2/t10-,11-,12+,13-,14-/m1/s1/i1D,2D,3D,4D,5D,6D,7D2/t6?,10-,11-,12+,13-,14-. The molecule has 0 aliphatic carbocycles. The van der Waals surface area contributed by atoms with Gasteiger partial charge >= 0.3 is 0 Å². The number of rotatable bonds is 5. The van der Waals surface area contributed by atoms with Crippen LogP contribution >= 0.6 is 0 Å². The van der Waals surface area contributed by atoms with Gasteiger partial charge in [0, 0.05) is 1.37 Å². The van der Waals surface area contributed by atoms with Gasteiger partial charge in [0.2, 0.25) is 0 Å². The predicted octanol–water partition coefficient (Wildman–Crippen LogP) is -0.954. The Hall–Kier alpha value is -1.02. The van der Waals surface area contributed by atoms with Gasteiger partial charge in [0.05, 0.1) is 22.8 Å². The van der Waals surface area contributed by atoms with Crippen LogP contribution in [0.25, 0.3) is 0 Å². The summed E-state index contributed by atoms with van der Waals surface area (Å²) in [4.78, 5) is 0. The summed E-state index contributed by atoms with van der Waals surface area (Å²) < 4.78 is 72.3. The molecule has 1 saturated heterocycles. The molecule has 1 aliphatic rings. The largest absolute Gasteiger partial charge is 0.394 e. The van der Waals surface area contributed by atoms with Gasteiger partial charge in [-0.05, 0) is 12.0 Å². The molecule has 1 aliphatic heterocycles. The van der Waals surface area contributed by atoms with E-state index in [9.17, 15) is 15.3 Å². The highest BCUT2D eigenvalue weighted by atomic mass is 16.7. The van der Waals surface area contributed by atoms with Crippen LogP contribution in [0.2, 0.25) is 0 Å². The van der Waals surface area contributed by atoms with Crippen molar-refractivity contribution in [1.82, 2.24) is 0 Å². The van der Waals surface area contributed by atoms with Gasteiger partial charge in [-0.25, -0.2) is 0 Å². The molecule has 1 aromatic carbocycles. The summed E-state index contributed by atoms with van der Waals surface area (Å²) in [6.45, 7) is -3.82. The number of hydrogen-bond acceptors (Lipinski definition) is 6. The van der Waals surface area contributed by atoms with Crippen molar-refractivity contribution in [2.24, 2.45) is 0 Å². The van der Waals surface area contributed by atoms with Gasteiger partial charge < -0.3 is 29.9 Å². The van der Waals surface area contributed by atoms with Crippen molar-refractivity contribution in [2.75, 3.05) is 13.2 Å². The molecule has 2 rings (SSSR count). The molecular formula is C14H20O6. The van der Waals surface area contributed by atoms with Crippen molar-refractivity contribution in [2.45, 2.75) is 37.1 Å². The lowest BCUT2D eigenvalue weighted by Crippen LogP contribution is -2.59. The van der Waals surface area contributed by atoms with Gasteiger partial charge in [-0.1, -0.05) is 30.2 Å². The van der Waals surface area contributed by atoms with Crippen LogP contribution in [-0.4, -0.2) is 64.3 Å². The molecule has 1 heterocycles. The van der Waals surface area contributed by atoms with Crippen molar-refractivity contribution >= 4 is 0 Å². The highest BCUT2D eigenvalue weighted by Crippen LogP contribution is 2.22. The zero-order chi connectivity index (χ0) is 21.5. The van der Waals surface area contributed by atoms with Crippen LogP contribution in [0.4, 0.5) is 0 Å². The highest BCUT2D eigenvalue weighted by molar-refractivity contribution is 5.14. The van der Waals surface area contributed by atoms with Crippen LogP contribution in [0.15, 0.2) is 30.2 Å². The monoisotopic (exact) mass is 292 g/mol. The Balaban J connectivity index is 2.35. The molecule has 1 unspecified atom stereocenters. The summed E-state index contributed by atoms with van der Waals surface area (Å²) >= 11 is 0. The first-order valence-electron chi connectivity index (χ1n) is 9.90. The molecule has 0 saturated carbocycles. The van der Waals surface area contributed by atoms with E-state index >= 15 is 0 Å². The summed E-state index contributed by atoms with van der Waals surface area (Å²) in [6, 6.07) is -3.78. The van der Waals surface area contributed by atoms with E-state index in [1.165, 1.54) is 0 Å². The van der Waals surface area contributed by atoms with Gasteiger partial charge in [0.15, 0.2) is 6.29 Å². The number of aliphatic hydroxyl groups is 4. The molecule has 112 valence electrons. The SMILES string of the molecule is [2H]c1c([2H])c([2H])c(C([2H])C([2H])([2H])O[C@@H]2O[C@H](CO)[C@@H](O)[C@H](O)[C@H]2O)c([2H])c1[2H]. The van der Waals surface area contributed by atoms with E-state index in [2.05, 4.69) is 0 Å². The molecule has 0 bridgehead atoms. The second-order valence-electron chi connectivity index (χ2n) is 4.12. The number of ether oxygens (including phenoxy) is 2. The van der Waals surface area contributed by atoms with E-state index in [0.29, 0.717) is 0 Å². The van der Waals surface area contributed by atoms with Crippen molar-refractivity contribution in [3.8, 4) is 0 Å². The summed E-state index contributed by atoms with van der Waals surface area (Å²) in [6.07, 6.45) is -10.9. The van der Waals surface area contributed by atoms with Crippen molar-refractivity contribution in [3.63, 3.8) is 0 Å². The second-order valence-corrected chi connectivity index (χ2v) is 4.12.